The van der Waals surface area contributed by atoms with Gasteiger partial charge in [0, 0.05) is 12.6 Å². The molecular formula is C10H17ClN4O. The van der Waals surface area contributed by atoms with Crippen molar-refractivity contribution in [3.05, 3.63) is 11.5 Å². The van der Waals surface area contributed by atoms with Gasteiger partial charge in [0.25, 0.3) is 0 Å². The third-order valence-corrected chi connectivity index (χ3v) is 2.70. The molecule has 90 valence electrons. The maximum Gasteiger partial charge on any atom is 0.157 e. The third-order valence-electron chi connectivity index (χ3n) is 2.40. The van der Waals surface area contributed by atoms with Crippen LogP contribution < -0.4 is 11.1 Å². The average Bonchev–Trinajstić information content (AvgIpc) is 2.23. The molecule has 0 bridgehead atoms. The Morgan fingerprint density at radius 2 is 2.19 bits per heavy atom. The summed E-state index contributed by atoms with van der Waals surface area (Å²) in [5.41, 5.74) is 6.09. The lowest BCUT2D eigenvalue weighted by Crippen LogP contribution is -2.27. The van der Waals surface area contributed by atoms with Gasteiger partial charge in [-0.05, 0) is 12.3 Å². The molecule has 1 aromatic heterocycles. The molecular weight excluding hydrogens is 228 g/mol. The van der Waals surface area contributed by atoms with Crippen molar-refractivity contribution in [1.82, 2.24) is 9.97 Å². The van der Waals surface area contributed by atoms with Gasteiger partial charge in [0.2, 0.25) is 0 Å². The highest BCUT2D eigenvalue weighted by molar-refractivity contribution is 6.32. The van der Waals surface area contributed by atoms with Crippen LogP contribution >= 0.6 is 11.6 Å². The molecule has 0 amide bonds. The topological polar surface area (TPSA) is 84.1 Å². The minimum atomic E-state index is 0.110. The number of anilines is 2. The molecule has 4 N–H and O–H groups in total. The number of nitrogens with one attached hydrogen (secondary N) is 1. The maximum atomic E-state index is 8.96. The number of aliphatic hydroxyl groups is 1. The van der Waals surface area contributed by atoms with Crippen LogP contribution in [0.25, 0.3) is 0 Å². The molecule has 5 nitrogen and oxygen atoms in total. The van der Waals surface area contributed by atoms with Crippen LogP contribution in [0.1, 0.15) is 20.3 Å². The first-order valence-corrected chi connectivity index (χ1v) is 5.57. The molecule has 1 atom stereocenters. The summed E-state index contributed by atoms with van der Waals surface area (Å²) in [5, 5.41) is 12.4. The van der Waals surface area contributed by atoms with E-state index in [0.717, 1.165) is 0 Å². The van der Waals surface area contributed by atoms with Gasteiger partial charge in [-0.1, -0.05) is 25.4 Å². The van der Waals surface area contributed by atoms with E-state index in [4.69, 9.17) is 22.4 Å². The summed E-state index contributed by atoms with van der Waals surface area (Å²) < 4.78 is 0. The molecule has 1 rings (SSSR count). The number of halogens is 1. The van der Waals surface area contributed by atoms with Crippen molar-refractivity contribution in [3.63, 3.8) is 0 Å². The zero-order valence-electron chi connectivity index (χ0n) is 9.44. The van der Waals surface area contributed by atoms with Crippen LogP contribution in [0.4, 0.5) is 11.5 Å². The van der Waals surface area contributed by atoms with Gasteiger partial charge in [-0.3, -0.25) is 0 Å². The van der Waals surface area contributed by atoms with Gasteiger partial charge in [-0.25, -0.2) is 9.97 Å². The largest absolute Gasteiger partial charge is 0.396 e. The van der Waals surface area contributed by atoms with E-state index in [-0.39, 0.29) is 17.8 Å². The third kappa shape index (κ3) is 3.21. The molecule has 0 aliphatic rings. The average molecular weight is 245 g/mol. The fourth-order valence-corrected chi connectivity index (χ4v) is 1.51. The number of hydrogen-bond donors (Lipinski definition) is 3. The van der Waals surface area contributed by atoms with E-state index < -0.39 is 0 Å². The van der Waals surface area contributed by atoms with Gasteiger partial charge in [-0.2, -0.15) is 0 Å². The van der Waals surface area contributed by atoms with Crippen LogP contribution in [0.3, 0.4) is 0 Å². The molecule has 16 heavy (non-hydrogen) atoms. The van der Waals surface area contributed by atoms with E-state index in [2.05, 4.69) is 29.1 Å². The van der Waals surface area contributed by atoms with E-state index in [0.29, 0.717) is 23.8 Å². The SMILES string of the molecule is CC(C)C(CCO)Nc1ncnc(Cl)c1N. The van der Waals surface area contributed by atoms with E-state index >= 15 is 0 Å². The second-order valence-corrected chi connectivity index (χ2v) is 4.29. The summed E-state index contributed by atoms with van der Waals surface area (Å²) in [6, 6.07) is 0.110. The molecule has 0 aliphatic carbocycles. The van der Waals surface area contributed by atoms with Crippen molar-refractivity contribution < 1.29 is 5.11 Å². The Bertz CT molecular complexity index is 346. The second-order valence-electron chi connectivity index (χ2n) is 3.93. The zero-order chi connectivity index (χ0) is 12.1. The van der Waals surface area contributed by atoms with Crippen molar-refractivity contribution in [3.8, 4) is 0 Å². The first-order valence-electron chi connectivity index (χ1n) is 5.19. The van der Waals surface area contributed by atoms with Gasteiger partial charge in [0.1, 0.15) is 12.0 Å². The van der Waals surface area contributed by atoms with Crippen molar-refractivity contribution in [1.29, 1.82) is 0 Å². The Kier molecular flexibility index (Phi) is 4.76. The number of hydrogen-bond acceptors (Lipinski definition) is 5. The number of aromatic nitrogens is 2. The number of nitrogens with two attached hydrogens (primary N) is 1. The minimum absolute atomic E-state index is 0.110. The maximum absolute atomic E-state index is 8.96. The molecule has 0 saturated heterocycles. The number of rotatable bonds is 5. The normalized spacial score (nSPS) is 12.8. The first kappa shape index (κ1) is 13.0. The van der Waals surface area contributed by atoms with Gasteiger partial charge in [0.05, 0.1) is 0 Å². The highest BCUT2D eigenvalue weighted by atomic mass is 35.5. The predicted molar refractivity (Wildman–Crippen MR) is 65.4 cm³/mol. The molecule has 1 heterocycles. The lowest BCUT2D eigenvalue weighted by molar-refractivity contribution is 0.267. The summed E-state index contributed by atoms with van der Waals surface area (Å²) in [4.78, 5) is 7.81. The Morgan fingerprint density at radius 1 is 1.50 bits per heavy atom. The predicted octanol–water partition coefficient (Wildman–Crippen LogP) is 1.53. The van der Waals surface area contributed by atoms with Crippen LogP contribution in [0.5, 0.6) is 0 Å². The van der Waals surface area contributed by atoms with E-state index in [1.807, 2.05) is 0 Å². The zero-order valence-corrected chi connectivity index (χ0v) is 10.2. The molecule has 1 aromatic rings. The number of nitrogens with zero attached hydrogens (tertiary/aromatic N) is 2. The van der Waals surface area contributed by atoms with Gasteiger partial charge < -0.3 is 16.2 Å². The first-order chi connectivity index (χ1) is 7.56. The second kappa shape index (κ2) is 5.86. The summed E-state index contributed by atoms with van der Waals surface area (Å²) in [7, 11) is 0. The van der Waals surface area contributed by atoms with Crippen molar-refractivity contribution in [2.45, 2.75) is 26.3 Å². The molecule has 0 aliphatic heterocycles. The Hall–Kier alpha value is -1.07. The van der Waals surface area contributed by atoms with Crippen LogP contribution in [-0.2, 0) is 0 Å². The minimum Gasteiger partial charge on any atom is -0.396 e. The van der Waals surface area contributed by atoms with Crippen molar-refractivity contribution in [2.75, 3.05) is 17.7 Å². The monoisotopic (exact) mass is 244 g/mol. The summed E-state index contributed by atoms with van der Waals surface area (Å²) >= 11 is 5.79. The lowest BCUT2D eigenvalue weighted by Gasteiger charge is -2.22. The molecule has 0 aromatic carbocycles. The molecule has 6 heteroatoms. The van der Waals surface area contributed by atoms with E-state index in [1.165, 1.54) is 6.33 Å². The van der Waals surface area contributed by atoms with Crippen LogP contribution in [-0.4, -0.2) is 27.7 Å². The fourth-order valence-electron chi connectivity index (χ4n) is 1.38. The van der Waals surface area contributed by atoms with Crippen LogP contribution in [0.15, 0.2) is 6.33 Å². The van der Waals surface area contributed by atoms with Crippen LogP contribution in [0.2, 0.25) is 5.15 Å². The smallest absolute Gasteiger partial charge is 0.157 e. The van der Waals surface area contributed by atoms with Crippen molar-refractivity contribution >= 4 is 23.1 Å². The molecule has 1 unspecified atom stereocenters. The fraction of sp³-hybridized carbons (Fsp3) is 0.600. The molecule has 0 spiro atoms. The Balaban J connectivity index is 2.81. The summed E-state index contributed by atoms with van der Waals surface area (Å²) in [5.74, 6) is 0.882. The van der Waals surface area contributed by atoms with Gasteiger partial charge >= 0.3 is 0 Å². The highest BCUT2D eigenvalue weighted by Crippen LogP contribution is 2.24. The quantitative estimate of drug-likeness (QED) is 0.684. The standard InChI is InChI=1S/C10H17ClN4O/c1-6(2)7(3-4-16)15-10-8(12)9(11)13-5-14-10/h5-7,16H,3-4,12H2,1-2H3,(H,13,14,15). The molecule has 0 radical (unpaired) electrons. The van der Waals surface area contributed by atoms with E-state index in [1.54, 1.807) is 0 Å². The van der Waals surface area contributed by atoms with E-state index in [9.17, 15) is 0 Å². The Morgan fingerprint density at radius 3 is 2.75 bits per heavy atom. The summed E-state index contributed by atoms with van der Waals surface area (Å²) in [6.07, 6.45) is 2.00. The van der Waals surface area contributed by atoms with Gasteiger partial charge in [-0.15, -0.1) is 0 Å². The summed E-state index contributed by atoms with van der Waals surface area (Å²) in [6.45, 7) is 4.24. The number of aliphatic hydroxyl groups excluding tert-OH is 1. The molecule has 0 saturated carbocycles. The van der Waals surface area contributed by atoms with Crippen LogP contribution in [0, 0.1) is 5.92 Å². The lowest BCUT2D eigenvalue weighted by atomic mass is 10.0. The van der Waals surface area contributed by atoms with Crippen molar-refractivity contribution in [2.24, 2.45) is 5.92 Å². The Labute approximate surface area is 100 Å². The highest BCUT2D eigenvalue weighted by Gasteiger charge is 2.15. The molecule has 0 fully saturated rings. The van der Waals surface area contributed by atoms with Gasteiger partial charge in [0.15, 0.2) is 11.0 Å². The number of nitrogen functional groups attached to an aromatic ring is 1.